The third-order valence-corrected chi connectivity index (χ3v) is 4.42. The highest BCUT2D eigenvalue weighted by atomic mass is 16.5. The van der Waals surface area contributed by atoms with Crippen molar-refractivity contribution in [1.29, 1.82) is 0 Å². The molecule has 30 heavy (non-hydrogen) atoms. The van der Waals surface area contributed by atoms with Crippen molar-refractivity contribution in [3.8, 4) is 28.6 Å². The predicted molar refractivity (Wildman–Crippen MR) is 117 cm³/mol. The molecule has 2 aromatic carbocycles. The van der Waals surface area contributed by atoms with Crippen LogP contribution in [0.4, 0.5) is 5.69 Å². The zero-order valence-corrected chi connectivity index (χ0v) is 16.8. The third kappa shape index (κ3) is 3.94. The van der Waals surface area contributed by atoms with E-state index in [0.29, 0.717) is 5.56 Å². The maximum Gasteiger partial charge on any atom is 0.256 e. The van der Waals surface area contributed by atoms with E-state index in [1.165, 1.54) is 20.8 Å². The molecule has 3 aromatic rings. The fourth-order valence-corrected chi connectivity index (χ4v) is 3.15. The first-order chi connectivity index (χ1) is 18.4. The Hall–Kier alpha value is -3.17. The van der Waals surface area contributed by atoms with Crippen molar-refractivity contribution in [1.82, 2.24) is 15.5 Å². The summed E-state index contributed by atoms with van der Waals surface area (Å²) in [6, 6.07) is -4.40. The lowest BCUT2D eigenvalue weighted by Crippen LogP contribution is -2.19. The molecule has 0 radical (unpaired) electrons. The van der Waals surface area contributed by atoms with Gasteiger partial charge in [-0.05, 0) is 68.9 Å². The second kappa shape index (κ2) is 8.68. The number of nitrogens with zero attached hydrogens (tertiary/aromatic N) is 3. The number of ether oxygens (including phenoxy) is 1. The lowest BCUT2D eigenvalue weighted by atomic mass is 10.0. The number of rotatable bonds is 7. The lowest BCUT2D eigenvalue weighted by molar-refractivity contribution is 0.244. The van der Waals surface area contributed by atoms with Crippen LogP contribution in [0.5, 0.6) is 5.75 Å². The number of fused-ring (bicyclic) bond motifs is 1. The molecule has 0 aliphatic heterocycles. The normalized spacial score (nSPS) is 23.3. The topological polar surface area (TPSA) is 64.5 Å². The van der Waals surface area contributed by atoms with E-state index in [1.54, 1.807) is 0 Å². The minimum Gasteiger partial charge on any atom is -0.502 e. The van der Waals surface area contributed by atoms with Crippen LogP contribution in [0.1, 0.15) is 64.4 Å². The van der Waals surface area contributed by atoms with Crippen LogP contribution in [0.15, 0.2) is 40.8 Å². The summed E-state index contributed by atoms with van der Waals surface area (Å²) in [6.07, 6.45) is -2.83. The maximum atomic E-state index is 8.93. The molecule has 1 aliphatic rings. The lowest BCUT2D eigenvalue weighted by Gasteiger charge is -2.13. The van der Waals surface area contributed by atoms with Gasteiger partial charge in [-0.15, -0.1) is 0 Å². The maximum absolute atomic E-state index is 8.93. The Morgan fingerprint density at radius 3 is 3.10 bits per heavy atom. The van der Waals surface area contributed by atoms with Crippen LogP contribution in [0.25, 0.3) is 27.7 Å². The van der Waals surface area contributed by atoms with Gasteiger partial charge in [-0.1, -0.05) is 30.2 Å². The number of aromatic nitrogens is 2. The van der Waals surface area contributed by atoms with Gasteiger partial charge in [-0.25, -0.2) is 4.85 Å². The molecule has 0 bridgehead atoms. The molecular formula is C24H26N4O2. The molecule has 1 aromatic heterocycles. The standard InChI is InChI=1S/C24H26N4O2/c1-5-13-26-20-11-10-17-18(20)7-6-8-19(17)23-27-24(30-28-23)16-9-12-22(29-15(2)3)21(14-16)25-4/h6-9,12,14-15,20,26H,5,10-11,13H2,1-3H3/t20-/m0/s1/i5D2,6D,7D,8D,9D,12D,14D,15D,20D. The van der Waals surface area contributed by atoms with Crippen LogP contribution in [0, 0.1) is 6.57 Å². The van der Waals surface area contributed by atoms with Gasteiger partial charge in [0.1, 0.15) is 5.75 Å². The second-order valence-electron chi connectivity index (χ2n) is 6.76. The van der Waals surface area contributed by atoms with Crippen LogP contribution in [-0.4, -0.2) is 22.8 Å². The molecule has 6 heteroatoms. The summed E-state index contributed by atoms with van der Waals surface area (Å²) < 4.78 is 93.8. The quantitative estimate of drug-likeness (QED) is 0.502. The van der Waals surface area contributed by atoms with E-state index in [-0.39, 0.29) is 65.6 Å². The van der Waals surface area contributed by atoms with Crippen molar-refractivity contribution >= 4 is 5.69 Å². The molecular weight excluding hydrogens is 376 g/mol. The van der Waals surface area contributed by atoms with E-state index < -0.39 is 48.3 Å². The molecule has 154 valence electrons. The number of hydrogen-bond acceptors (Lipinski definition) is 5. The molecule has 1 aliphatic carbocycles. The largest absolute Gasteiger partial charge is 0.502 e. The van der Waals surface area contributed by atoms with Crippen molar-refractivity contribution in [3.05, 3.63) is 58.8 Å². The summed E-state index contributed by atoms with van der Waals surface area (Å²) in [7, 11) is 0. The van der Waals surface area contributed by atoms with E-state index >= 15 is 0 Å². The number of nitrogens with one attached hydrogen (secondary N) is 1. The van der Waals surface area contributed by atoms with Crippen LogP contribution in [0.2, 0.25) is 0 Å². The first-order valence-corrected chi connectivity index (χ1v) is 9.33. The van der Waals surface area contributed by atoms with Gasteiger partial charge in [0.15, 0.2) is 0 Å². The Labute approximate surface area is 191 Å². The molecule has 1 N–H and O–H groups in total. The van der Waals surface area contributed by atoms with Crippen LogP contribution >= 0.6 is 0 Å². The zero-order chi connectivity index (χ0) is 29.9. The molecule has 0 unspecified atom stereocenters. The Bertz CT molecular complexity index is 1560. The van der Waals surface area contributed by atoms with Gasteiger partial charge in [0.2, 0.25) is 11.5 Å². The van der Waals surface area contributed by atoms with Gasteiger partial charge < -0.3 is 14.6 Å². The van der Waals surface area contributed by atoms with E-state index in [4.69, 9.17) is 29.5 Å². The SMILES string of the molecule is [2H]c1c([2H])c(-c2noc(-c3c([2H])c([2H])c(OC([2H])(C)C)c([N+]#[C-])c3[2H])n2)c2c(c1[2H])[C@@]([2H])(NCC([2H])([2H])C)CC2. The molecule has 0 saturated carbocycles. The van der Waals surface area contributed by atoms with Gasteiger partial charge in [0, 0.05) is 21.3 Å². The average Bonchev–Trinajstić information content (AvgIpc) is 3.45. The molecule has 0 saturated heterocycles. The van der Waals surface area contributed by atoms with E-state index in [1.807, 2.05) is 0 Å². The van der Waals surface area contributed by atoms with Gasteiger partial charge in [0.25, 0.3) is 5.89 Å². The van der Waals surface area contributed by atoms with Crippen molar-refractivity contribution in [3.63, 3.8) is 0 Å². The second-order valence-corrected chi connectivity index (χ2v) is 6.76. The Morgan fingerprint density at radius 2 is 2.33 bits per heavy atom. The monoisotopic (exact) mass is 412 g/mol. The van der Waals surface area contributed by atoms with Crippen molar-refractivity contribution in [2.45, 2.75) is 52.1 Å². The number of benzene rings is 2. The minimum absolute atomic E-state index is 0.0342. The third-order valence-electron chi connectivity index (χ3n) is 4.42. The molecule has 6 nitrogen and oxygen atoms in total. The van der Waals surface area contributed by atoms with Gasteiger partial charge in [0.05, 0.1) is 22.2 Å². The van der Waals surface area contributed by atoms with Crippen molar-refractivity contribution in [2.75, 3.05) is 6.54 Å². The molecule has 0 fully saturated rings. The van der Waals surface area contributed by atoms with Gasteiger partial charge in [-0.3, -0.25) is 0 Å². The number of hydrogen-bond donors (Lipinski definition) is 1. The minimum atomic E-state index is -1.64. The highest BCUT2D eigenvalue weighted by Gasteiger charge is 2.26. The highest BCUT2D eigenvalue weighted by Crippen LogP contribution is 2.38. The van der Waals surface area contributed by atoms with Gasteiger partial charge in [-0.2, -0.15) is 4.98 Å². The summed E-state index contributed by atoms with van der Waals surface area (Å²) >= 11 is 0. The Kier molecular flexibility index (Phi) is 3.27. The summed E-state index contributed by atoms with van der Waals surface area (Å²) in [5, 5.41) is 6.74. The van der Waals surface area contributed by atoms with E-state index in [0.717, 1.165) is 0 Å². The van der Waals surface area contributed by atoms with E-state index in [9.17, 15) is 0 Å². The van der Waals surface area contributed by atoms with Crippen LogP contribution in [0.3, 0.4) is 0 Å². The Balaban J connectivity index is 1.87. The van der Waals surface area contributed by atoms with Crippen molar-refractivity contribution in [2.24, 2.45) is 0 Å². The van der Waals surface area contributed by atoms with Gasteiger partial charge >= 0.3 is 0 Å². The van der Waals surface area contributed by atoms with Crippen LogP contribution < -0.4 is 10.1 Å². The fraction of sp³-hybridized carbons (Fsp3) is 0.375. The molecule has 0 amide bonds. The van der Waals surface area contributed by atoms with Crippen LogP contribution in [-0.2, 0) is 6.42 Å². The molecule has 1 heterocycles. The molecule has 4 rings (SSSR count). The first-order valence-electron chi connectivity index (χ1n) is 14.3. The first kappa shape index (κ1) is 11.3. The summed E-state index contributed by atoms with van der Waals surface area (Å²) in [4.78, 5) is 7.52. The fourth-order valence-electron chi connectivity index (χ4n) is 3.15. The highest BCUT2D eigenvalue weighted by molar-refractivity contribution is 5.70. The summed E-state index contributed by atoms with van der Waals surface area (Å²) in [6.45, 7) is 11.4. The smallest absolute Gasteiger partial charge is 0.256 e. The average molecular weight is 413 g/mol. The van der Waals surface area contributed by atoms with Crippen molar-refractivity contribution < 1.29 is 23.0 Å². The summed E-state index contributed by atoms with van der Waals surface area (Å²) in [5.41, 5.74) is -0.222. The molecule has 0 spiro atoms. The predicted octanol–water partition coefficient (Wildman–Crippen LogP) is 5.73. The molecule has 1 atom stereocenters. The van der Waals surface area contributed by atoms with E-state index in [2.05, 4.69) is 20.3 Å². The summed E-state index contributed by atoms with van der Waals surface area (Å²) in [5.74, 6) is -0.968. The Morgan fingerprint density at radius 1 is 1.47 bits per heavy atom. The zero-order valence-electron chi connectivity index (χ0n) is 26.8.